The van der Waals surface area contributed by atoms with Gasteiger partial charge in [-0.3, -0.25) is 0 Å². The molecule has 0 N–H and O–H groups in total. The van der Waals surface area contributed by atoms with Gasteiger partial charge in [-0.1, -0.05) is 70.2 Å². The van der Waals surface area contributed by atoms with Crippen LogP contribution >= 0.6 is 0 Å². The van der Waals surface area contributed by atoms with Crippen LogP contribution in [0, 0.1) is 0 Å². The predicted octanol–water partition coefficient (Wildman–Crippen LogP) is 5.82. The van der Waals surface area contributed by atoms with Crippen LogP contribution < -0.4 is 0 Å². The molecule has 0 fully saturated rings. The van der Waals surface area contributed by atoms with Crippen LogP contribution in [0.3, 0.4) is 0 Å². The lowest BCUT2D eigenvalue weighted by Crippen LogP contribution is -2.35. The van der Waals surface area contributed by atoms with Gasteiger partial charge in [0, 0.05) is 0 Å². The summed E-state index contributed by atoms with van der Waals surface area (Å²) in [5, 5.41) is 0. The van der Waals surface area contributed by atoms with E-state index in [1.54, 1.807) is 24.3 Å². The van der Waals surface area contributed by atoms with Gasteiger partial charge in [-0.25, -0.2) is 4.79 Å². The van der Waals surface area contributed by atoms with Crippen LogP contribution in [0.4, 0.5) is 0 Å². The minimum atomic E-state index is -0.374. The van der Waals surface area contributed by atoms with E-state index in [1.165, 1.54) is 57.9 Å². The maximum Gasteiger partial charge on any atom is 0.342 e. The summed E-state index contributed by atoms with van der Waals surface area (Å²) in [6, 6.07) is 8.77. The van der Waals surface area contributed by atoms with Gasteiger partial charge in [-0.05, 0) is 25.0 Å². The number of nitrogens with zero attached hydrogens (tertiary/aromatic N) is 1. The number of esters is 1. The molecule has 1 aromatic carbocycles. The molecule has 1 aromatic rings. The van der Waals surface area contributed by atoms with Crippen LogP contribution in [-0.2, 0) is 4.74 Å². The first-order chi connectivity index (χ1) is 11.9. The molecule has 0 saturated heterocycles. The predicted molar refractivity (Wildman–Crippen MR) is 108 cm³/mol. The molecular weight excluding hydrogens is 310 g/mol. The van der Waals surface area contributed by atoms with Crippen molar-refractivity contribution in [3.63, 3.8) is 0 Å². The van der Waals surface area contributed by atoms with Gasteiger partial charge in [-0.2, -0.15) is 0 Å². The molecule has 0 aliphatic heterocycles. The molecule has 0 radical (unpaired) electrons. The van der Waals surface area contributed by atoms with E-state index in [2.05, 4.69) is 39.4 Å². The monoisotopic (exact) mass is 348 g/mol. The first kappa shape index (κ1) is 23.4. The fourth-order valence-electron chi connectivity index (χ4n) is 2.44. The lowest BCUT2D eigenvalue weighted by atomic mass is 10.1. The molecule has 25 heavy (non-hydrogen) atoms. The highest BCUT2D eigenvalue weighted by Crippen LogP contribution is 2.09. The fourth-order valence-corrected chi connectivity index (χ4v) is 2.44. The van der Waals surface area contributed by atoms with Crippen LogP contribution in [0.5, 0.6) is 0 Å². The van der Waals surface area contributed by atoms with Gasteiger partial charge in [0.05, 0.1) is 39.5 Å². The van der Waals surface area contributed by atoms with Gasteiger partial charge in [0.25, 0.3) is 0 Å². The van der Waals surface area contributed by atoms with Crippen LogP contribution in [0.25, 0.3) is 0 Å². The Kier molecular flexibility index (Phi) is 13.8. The molecule has 0 spiro atoms. The van der Waals surface area contributed by atoms with Gasteiger partial charge in [-0.15, -0.1) is 0 Å². The lowest BCUT2D eigenvalue weighted by molar-refractivity contribution is -0.870. The van der Waals surface area contributed by atoms with Crippen LogP contribution in [0.15, 0.2) is 43.2 Å². The lowest BCUT2D eigenvalue weighted by Gasteiger charge is -2.23. The first-order valence-corrected chi connectivity index (χ1v) is 9.58. The molecule has 0 aromatic heterocycles. The van der Waals surface area contributed by atoms with Crippen LogP contribution in [0.2, 0.25) is 0 Å². The number of carbonyl (C=O) groups excluding carboxylic acids is 1. The largest absolute Gasteiger partial charge is 0.432 e. The minimum absolute atomic E-state index is 0.374. The van der Waals surface area contributed by atoms with Crippen molar-refractivity contribution in [2.75, 3.05) is 27.7 Å². The third-order valence-corrected chi connectivity index (χ3v) is 3.88. The maximum absolute atomic E-state index is 11.0. The molecule has 3 heteroatoms. The Morgan fingerprint density at radius 3 is 1.96 bits per heavy atom. The molecule has 0 saturated carbocycles. The standard InChI is InChI=1S/C13H30N.C9H8O2/c1-5-6-7-8-9-10-11-12-13-14(2,3)4;1-2-11-9(10)8-6-4-3-5-7-8/h5-13H2,1-4H3;2-7H,1H2/q+1;. The van der Waals surface area contributed by atoms with Crippen molar-refractivity contribution in [1.82, 2.24) is 0 Å². The van der Waals surface area contributed by atoms with Gasteiger partial charge in [0.15, 0.2) is 0 Å². The van der Waals surface area contributed by atoms with Gasteiger partial charge in [0.2, 0.25) is 0 Å². The third kappa shape index (κ3) is 15.6. The molecular formula is C22H38NO2+. The minimum Gasteiger partial charge on any atom is -0.432 e. The highest BCUT2D eigenvalue weighted by molar-refractivity contribution is 5.89. The molecule has 142 valence electrons. The van der Waals surface area contributed by atoms with Crippen molar-refractivity contribution in [2.24, 2.45) is 0 Å². The highest BCUT2D eigenvalue weighted by Gasteiger charge is 2.04. The van der Waals surface area contributed by atoms with Crippen molar-refractivity contribution < 1.29 is 14.0 Å². The van der Waals surface area contributed by atoms with Crippen molar-refractivity contribution in [3.05, 3.63) is 48.7 Å². The summed E-state index contributed by atoms with van der Waals surface area (Å²) in [6.07, 6.45) is 12.6. The van der Waals surface area contributed by atoms with E-state index < -0.39 is 0 Å². The number of hydrogen-bond acceptors (Lipinski definition) is 2. The smallest absolute Gasteiger partial charge is 0.342 e. The SMILES string of the molecule is C=COC(=O)c1ccccc1.CCCCCCCCCC[N+](C)(C)C. The summed E-state index contributed by atoms with van der Waals surface area (Å²) >= 11 is 0. The normalized spacial score (nSPS) is 10.6. The molecule has 0 atom stereocenters. The van der Waals surface area contributed by atoms with Crippen molar-refractivity contribution in [3.8, 4) is 0 Å². The van der Waals surface area contributed by atoms with Crippen molar-refractivity contribution >= 4 is 5.97 Å². The van der Waals surface area contributed by atoms with E-state index >= 15 is 0 Å². The summed E-state index contributed by atoms with van der Waals surface area (Å²) in [6.45, 7) is 6.89. The highest BCUT2D eigenvalue weighted by atomic mass is 16.5. The molecule has 0 aliphatic rings. The summed E-state index contributed by atoms with van der Waals surface area (Å²) < 4.78 is 5.67. The van der Waals surface area contributed by atoms with Crippen molar-refractivity contribution in [1.29, 1.82) is 0 Å². The zero-order valence-electron chi connectivity index (χ0n) is 16.8. The molecule has 1 rings (SSSR count). The van der Waals surface area contributed by atoms with Gasteiger partial charge >= 0.3 is 5.97 Å². The summed E-state index contributed by atoms with van der Waals surface area (Å²) in [5.41, 5.74) is 0.535. The number of unbranched alkanes of at least 4 members (excludes halogenated alkanes) is 7. The maximum atomic E-state index is 11.0. The topological polar surface area (TPSA) is 26.3 Å². The van der Waals surface area contributed by atoms with Gasteiger partial charge in [0.1, 0.15) is 0 Å². The van der Waals surface area contributed by atoms with Crippen LogP contribution in [-0.4, -0.2) is 38.1 Å². The van der Waals surface area contributed by atoms with E-state index in [0.29, 0.717) is 5.56 Å². The summed E-state index contributed by atoms with van der Waals surface area (Å²) in [5.74, 6) is -0.374. The number of rotatable bonds is 11. The third-order valence-electron chi connectivity index (χ3n) is 3.88. The second-order valence-electron chi connectivity index (χ2n) is 7.43. The van der Waals surface area contributed by atoms with E-state index in [9.17, 15) is 4.79 Å². The number of hydrogen-bond donors (Lipinski definition) is 0. The second kappa shape index (κ2) is 14.7. The van der Waals surface area contributed by atoms with Crippen LogP contribution in [0.1, 0.15) is 68.6 Å². The van der Waals surface area contributed by atoms with E-state index in [0.717, 1.165) is 10.7 Å². The van der Waals surface area contributed by atoms with Gasteiger partial charge < -0.3 is 9.22 Å². The summed E-state index contributed by atoms with van der Waals surface area (Å²) in [7, 11) is 6.84. The average Bonchev–Trinajstić information content (AvgIpc) is 2.58. The number of ether oxygens (including phenoxy) is 1. The molecule has 0 bridgehead atoms. The number of benzene rings is 1. The second-order valence-corrected chi connectivity index (χ2v) is 7.43. The Balaban J connectivity index is 0.000000472. The average molecular weight is 349 g/mol. The Hall–Kier alpha value is -1.61. The summed E-state index contributed by atoms with van der Waals surface area (Å²) in [4.78, 5) is 11.0. The Morgan fingerprint density at radius 1 is 0.960 bits per heavy atom. The Morgan fingerprint density at radius 2 is 1.48 bits per heavy atom. The molecule has 0 heterocycles. The fraction of sp³-hybridized carbons (Fsp3) is 0.591. The zero-order valence-corrected chi connectivity index (χ0v) is 16.8. The van der Waals surface area contributed by atoms with E-state index in [1.807, 2.05) is 6.07 Å². The van der Waals surface area contributed by atoms with E-state index in [4.69, 9.17) is 0 Å². The molecule has 0 aliphatic carbocycles. The Labute approximate surface area is 155 Å². The molecule has 0 unspecified atom stereocenters. The number of quaternary nitrogens is 1. The molecule has 0 amide bonds. The molecule has 3 nitrogen and oxygen atoms in total. The zero-order chi connectivity index (χ0) is 19.0. The number of carbonyl (C=O) groups is 1. The Bertz CT molecular complexity index is 449. The van der Waals surface area contributed by atoms with Crippen molar-refractivity contribution in [2.45, 2.75) is 58.3 Å². The first-order valence-electron chi connectivity index (χ1n) is 9.58. The quantitative estimate of drug-likeness (QED) is 0.218. The van der Waals surface area contributed by atoms with E-state index in [-0.39, 0.29) is 5.97 Å².